The molecule has 0 spiro atoms. The molecule has 2 nitrogen and oxygen atoms in total. The van der Waals surface area contributed by atoms with E-state index in [2.05, 4.69) is 17.9 Å². The van der Waals surface area contributed by atoms with Gasteiger partial charge in [-0.1, -0.05) is 23.7 Å². The van der Waals surface area contributed by atoms with Gasteiger partial charge in [0.15, 0.2) is 0 Å². The van der Waals surface area contributed by atoms with E-state index in [-0.39, 0.29) is 0 Å². The summed E-state index contributed by atoms with van der Waals surface area (Å²) in [7, 11) is 0. The van der Waals surface area contributed by atoms with Crippen LogP contribution in [-0.4, -0.2) is 18.6 Å². The lowest BCUT2D eigenvalue weighted by molar-refractivity contribution is 0.364. The van der Waals surface area contributed by atoms with Crippen LogP contribution < -0.4 is 10.6 Å². The zero-order valence-electron chi connectivity index (χ0n) is 9.70. The zero-order valence-corrected chi connectivity index (χ0v) is 10.5. The fourth-order valence-electron chi connectivity index (χ4n) is 2.23. The molecule has 16 heavy (non-hydrogen) atoms. The Labute approximate surface area is 102 Å². The average molecular weight is 239 g/mol. The largest absolute Gasteiger partial charge is 0.363 e. The number of nitrogens with zero attached hydrogens (tertiary/aromatic N) is 1. The van der Waals surface area contributed by atoms with Gasteiger partial charge >= 0.3 is 0 Å². The number of para-hydroxylation sites is 1. The Bertz CT molecular complexity index is 345. The molecule has 0 aliphatic heterocycles. The van der Waals surface area contributed by atoms with Crippen molar-refractivity contribution in [2.75, 3.05) is 11.4 Å². The molecule has 3 heteroatoms. The quantitative estimate of drug-likeness (QED) is 0.874. The van der Waals surface area contributed by atoms with Gasteiger partial charge in [-0.3, -0.25) is 0 Å². The Morgan fingerprint density at radius 1 is 1.44 bits per heavy atom. The van der Waals surface area contributed by atoms with Crippen molar-refractivity contribution in [1.82, 2.24) is 0 Å². The second-order valence-corrected chi connectivity index (χ2v) is 4.94. The van der Waals surface area contributed by atoms with Crippen LogP contribution in [0.4, 0.5) is 5.69 Å². The second-order valence-electron chi connectivity index (χ2n) is 4.53. The summed E-state index contributed by atoms with van der Waals surface area (Å²) in [6, 6.07) is 9.02. The van der Waals surface area contributed by atoms with E-state index in [9.17, 15) is 0 Å². The number of benzene rings is 1. The van der Waals surface area contributed by atoms with Crippen molar-refractivity contribution in [1.29, 1.82) is 0 Å². The van der Waals surface area contributed by atoms with E-state index in [0.29, 0.717) is 18.6 Å². The molecule has 0 radical (unpaired) electrons. The normalized spacial score (nSPS) is 17.9. The highest BCUT2D eigenvalue weighted by Crippen LogP contribution is 2.35. The Morgan fingerprint density at radius 2 is 2.12 bits per heavy atom. The third kappa shape index (κ3) is 2.18. The summed E-state index contributed by atoms with van der Waals surface area (Å²) in [5.41, 5.74) is 6.92. The zero-order chi connectivity index (χ0) is 11.5. The Kier molecular flexibility index (Phi) is 3.72. The summed E-state index contributed by atoms with van der Waals surface area (Å²) in [5.74, 6) is 0. The third-order valence-corrected chi connectivity index (χ3v) is 3.73. The fourth-order valence-corrected chi connectivity index (χ4v) is 2.47. The first-order chi connectivity index (χ1) is 7.74. The van der Waals surface area contributed by atoms with E-state index in [1.807, 2.05) is 18.2 Å². The molecule has 1 aliphatic carbocycles. The predicted molar refractivity (Wildman–Crippen MR) is 70.1 cm³/mol. The molecule has 1 atom stereocenters. The SMILES string of the molecule is CC(CN)N(c1ccccc1Cl)C1CCC1. The number of hydrogen-bond acceptors (Lipinski definition) is 2. The van der Waals surface area contributed by atoms with Crippen molar-refractivity contribution in [3.63, 3.8) is 0 Å². The van der Waals surface area contributed by atoms with Gasteiger partial charge in [-0.2, -0.15) is 0 Å². The lowest BCUT2D eigenvalue weighted by atomic mass is 9.90. The van der Waals surface area contributed by atoms with Crippen LogP contribution in [0.25, 0.3) is 0 Å². The molecule has 1 unspecified atom stereocenters. The van der Waals surface area contributed by atoms with Crippen LogP contribution in [0.2, 0.25) is 5.02 Å². The summed E-state index contributed by atoms with van der Waals surface area (Å²) in [5, 5.41) is 0.828. The lowest BCUT2D eigenvalue weighted by Gasteiger charge is -2.43. The van der Waals surface area contributed by atoms with Gasteiger partial charge in [0.05, 0.1) is 10.7 Å². The van der Waals surface area contributed by atoms with Gasteiger partial charge in [0.2, 0.25) is 0 Å². The molecule has 1 aromatic carbocycles. The molecular formula is C13H19ClN2. The first-order valence-corrected chi connectivity index (χ1v) is 6.34. The van der Waals surface area contributed by atoms with Gasteiger partial charge in [-0.15, -0.1) is 0 Å². The van der Waals surface area contributed by atoms with E-state index >= 15 is 0 Å². The molecule has 0 saturated heterocycles. The molecule has 88 valence electrons. The van der Waals surface area contributed by atoms with Crippen molar-refractivity contribution in [3.8, 4) is 0 Å². The third-order valence-electron chi connectivity index (χ3n) is 3.41. The highest BCUT2D eigenvalue weighted by atomic mass is 35.5. The highest BCUT2D eigenvalue weighted by molar-refractivity contribution is 6.33. The molecular weight excluding hydrogens is 220 g/mol. The van der Waals surface area contributed by atoms with Gasteiger partial charge in [0.25, 0.3) is 0 Å². The minimum absolute atomic E-state index is 0.352. The minimum Gasteiger partial charge on any atom is -0.363 e. The van der Waals surface area contributed by atoms with Crippen molar-refractivity contribution in [3.05, 3.63) is 29.3 Å². The first-order valence-electron chi connectivity index (χ1n) is 5.97. The van der Waals surface area contributed by atoms with Gasteiger partial charge in [0, 0.05) is 18.6 Å². The number of rotatable bonds is 4. The van der Waals surface area contributed by atoms with E-state index < -0.39 is 0 Å². The molecule has 1 aliphatic rings. The Hall–Kier alpha value is -0.730. The standard InChI is InChI=1S/C13H19ClN2/c1-10(9-15)16(11-5-4-6-11)13-8-3-2-7-12(13)14/h2-3,7-8,10-11H,4-6,9,15H2,1H3. The van der Waals surface area contributed by atoms with Gasteiger partial charge in [0.1, 0.15) is 0 Å². The summed E-state index contributed by atoms with van der Waals surface area (Å²) >= 11 is 6.26. The number of halogens is 1. The Balaban J connectivity index is 2.27. The minimum atomic E-state index is 0.352. The molecule has 2 rings (SSSR count). The molecule has 0 aromatic heterocycles. The summed E-state index contributed by atoms with van der Waals surface area (Å²) < 4.78 is 0. The molecule has 0 bridgehead atoms. The number of anilines is 1. The summed E-state index contributed by atoms with van der Waals surface area (Å²) in [6.07, 6.45) is 3.84. The Morgan fingerprint density at radius 3 is 2.62 bits per heavy atom. The van der Waals surface area contributed by atoms with Crippen LogP contribution in [0.3, 0.4) is 0 Å². The number of hydrogen-bond donors (Lipinski definition) is 1. The van der Waals surface area contributed by atoms with Crippen LogP contribution >= 0.6 is 11.6 Å². The van der Waals surface area contributed by atoms with Crippen molar-refractivity contribution < 1.29 is 0 Å². The molecule has 0 amide bonds. The van der Waals surface area contributed by atoms with Gasteiger partial charge in [-0.05, 0) is 38.3 Å². The fraction of sp³-hybridized carbons (Fsp3) is 0.538. The molecule has 1 saturated carbocycles. The van der Waals surface area contributed by atoms with Crippen molar-refractivity contribution in [2.45, 2.75) is 38.3 Å². The second kappa shape index (κ2) is 5.07. The molecule has 2 N–H and O–H groups in total. The maximum absolute atomic E-state index is 6.26. The van der Waals surface area contributed by atoms with Gasteiger partial charge in [-0.25, -0.2) is 0 Å². The average Bonchev–Trinajstić information content (AvgIpc) is 2.23. The lowest BCUT2D eigenvalue weighted by Crippen LogP contribution is -2.48. The molecule has 1 aromatic rings. The predicted octanol–water partition coefficient (Wildman–Crippen LogP) is 3.05. The van der Waals surface area contributed by atoms with Crippen LogP contribution in [0, 0.1) is 0 Å². The van der Waals surface area contributed by atoms with Crippen LogP contribution in [0.15, 0.2) is 24.3 Å². The van der Waals surface area contributed by atoms with Crippen molar-refractivity contribution >= 4 is 17.3 Å². The van der Waals surface area contributed by atoms with Crippen LogP contribution in [0.5, 0.6) is 0 Å². The van der Waals surface area contributed by atoms with E-state index in [1.165, 1.54) is 19.3 Å². The maximum Gasteiger partial charge on any atom is 0.0639 e. The highest BCUT2D eigenvalue weighted by Gasteiger charge is 2.29. The van der Waals surface area contributed by atoms with Crippen LogP contribution in [0.1, 0.15) is 26.2 Å². The maximum atomic E-state index is 6.26. The van der Waals surface area contributed by atoms with E-state index in [1.54, 1.807) is 0 Å². The topological polar surface area (TPSA) is 29.3 Å². The van der Waals surface area contributed by atoms with E-state index in [4.69, 9.17) is 17.3 Å². The molecule has 1 fully saturated rings. The van der Waals surface area contributed by atoms with Gasteiger partial charge < -0.3 is 10.6 Å². The summed E-state index contributed by atoms with van der Waals surface area (Å²) in [6.45, 7) is 2.84. The van der Waals surface area contributed by atoms with Crippen molar-refractivity contribution in [2.24, 2.45) is 5.73 Å². The van der Waals surface area contributed by atoms with Crippen LogP contribution in [-0.2, 0) is 0 Å². The monoisotopic (exact) mass is 238 g/mol. The van der Waals surface area contributed by atoms with E-state index in [0.717, 1.165) is 10.7 Å². The first kappa shape index (κ1) is 11.7. The summed E-state index contributed by atoms with van der Waals surface area (Å²) in [4.78, 5) is 2.39. The molecule has 0 heterocycles. The smallest absolute Gasteiger partial charge is 0.0639 e. The number of nitrogens with two attached hydrogens (primary N) is 1.